The van der Waals surface area contributed by atoms with Crippen LogP contribution in [0.3, 0.4) is 0 Å². The summed E-state index contributed by atoms with van der Waals surface area (Å²) < 4.78 is 5.91. The molecule has 3 aliphatic carbocycles. The zero-order valence-electron chi connectivity index (χ0n) is 20.8. The van der Waals surface area contributed by atoms with Crippen LogP contribution >= 0.6 is 0 Å². The van der Waals surface area contributed by atoms with Crippen molar-refractivity contribution in [2.75, 3.05) is 13.1 Å². The summed E-state index contributed by atoms with van der Waals surface area (Å²) in [4.78, 5) is 15.4. The van der Waals surface area contributed by atoms with E-state index in [1.54, 1.807) is 0 Å². The molecule has 6 rings (SSSR count). The van der Waals surface area contributed by atoms with Gasteiger partial charge in [-0.05, 0) is 113 Å². The molecule has 1 amide bonds. The van der Waals surface area contributed by atoms with Crippen molar-refractivity contribution in [1.82, 2.24) is 10.2 Å². The van der Waals surface area contributed by atoms with E-state index in [0.717, 1.165) is 36.0 Å². The number of hydrogen-bond donors (Lipinski definition) is 1. The lowest BCUT2D eigenvalue weighted by Crippen LogP contribution is -2.39. The Morgan fingerprint density at radius 1 is 0.914 bits per heavy atom. The highest BCUT2D eigenvalue weighted by molar-refractivity contribution is 5.94. The van der Waals surface area contributed by atoms with Crippen LogP contribution < -0.4 is 5.32 Å². The molecule has 4 nitrogen and oxygen atoms in total. The number of hydrogen-bond acceptors (Lipinski definition) is 3. The number of carbonyl (C=O) groups is 1. The molecule has 0 aromatic heterocycles. The van der Waals surface area contributed by atoms with Crippen LogP contribution in [0.15, 0.2) is 59.2 Å². The van der Waals surface area contributed by atoms with Gasteiger partial charge in [0.25, 0.3) is 5.91 Å². The fraction of sp³-hybridized carbons (Fsp3) is 0.516. The van der Waals surface area contributed by atoms with Crippen LogP contribution in [0.4, 0.5) is 0 Å². The lowest BCUT2D eigenvalue weighted by atomic mass is 9.83. The van der Waals surface area contributed by atoms with Gasteiger partial charge in [0.05, 0.1) is 6.26 Å². The summed E-state index contributed by atoms with van der Waals surface area (Å²) in [6.07, 6.45) is 14.3. The maximum Gasteiger partial charge on any atom is 0.251 e. The van der Waals surface area contributed by atoms with Crippen molar-refractivity contribution in [3.63, 3.8) is 0 Å². The molecule has 2 aliphatic heterocycles. The Hall–Kier alpha value is -2.59. The number of likely N-dealkylation sites (tertiary alicyclic amines) is 1. The quantitative estimate of drug-likeness (QED) is 0.398. The molecule has 1 atom stereocenters. The number of rotatable bonds is 7. The van der Waals surface area contributed by atoms with Crippen LogP contribution in [0.1, 0.15) is 97.7 Å². The monoisotopic (exact) mass is 470 g/mol. The van der Waals surface area contributed by atoms with Crippen LogP contribution in [-0.4, -0.2) is 29.9 Å². The summed E-state index contributed by atoms with van der Waals surface area (Å²) in [5.74, 6) is 2.59. The molecule has 4 heteroatoms. The molecule has 1 saturated heterocycles. The molecular formula is C31H38N2O2. The zero-order chi connectivity index (χ0) is 23.6. The van der Waals surface area contributed by atoms with Crippen LogP contribution in [0.25, 0.3) is 11.3 Å². The van der Waals surface area contributed by atoms with Crippen LogP contribution in [0.5, 0.6) is 0 Å². The van der Waals surface area contributed by atoms with E-state index in [9.17, 15) is 4.79 Å². The predicted octanol–water partition coefficient (Wildman–Crippen LogP) is 7.17. The first-order valence-electron chi connectivity index (χ1n) is 13.8. The number of nitrogens with zero attached hydrogens (tertiary/aromatic N) is 1. The molecule has 35 heavy (non-hydrogen) atoms. The molecule has 0 radical (unpaired) electrons. The summed E-state index contributed by atoms with van der Waals surface area (Å²) in [5.41, 5.74) is 4.74. The normalized spacial score (nSPS) is 25.5. The largest absolute Gasteiger partial charge is 0.464 e. The maximum atomic E-state index is 12.7. The second-order valence-corrected chi connectivity index (χ2v) is 11.1. The van der Waals surface area contributed by atoms with Crippen LogP contribution in [0.2, 0.25) is 0 Å². The lowest BCUT2D eigenvalue weighted by Gasteiger charge is -2.37. The summed E-state index contributed by atoms with van der Waals surface area (Å²) in [7, 11) is 0. The molecule has 184 valence electrons. The molecule has 3 fully saturated rings. The lowest BCUT2D eigenvalue weighted by molar-refractivity contribution is 0.0915. The predicted molar refractivity (Wildman–Crippen MR) is 140 cm³/mol. The van der Waals surface area contributed by atoms with Gasteiger partial charge in [-0.3, -0.25) is 9.69 Å². The van der Waals surface area contributed by atoms with Crippen LogP contribution in [0, 0.1) is 5.92 Å². The summed E-state index contributed by atoms with van der Waals surface area (Å²) in [6.45, 7) is 2.35. The van der Waals surface area contributed by atoms with Crippen molar-refractivity contribution in [1.29, 1.82) is 0 Å². The van der Waals surface area contributed by atoms with Crippen molar-refractivity contribution in [2.45, 2.75) is 82.2 Å². The van der Waals surface area contributed by atoms with Crippen molar-refractivity contribution < 1.29 is 9.21 Å². The second kappa shape index (κ2) is 10.2. The van der Waals surface area contributed by atoms with E-state index in [-0.39, 0.29) is 5.91 Å². The third-order valence-corrected chi connectivity index (χ3v) is 8.68. The van der Waals surface area contributed by atoms with E-state index >= 15 is 0 Å². The van der Waals surface area contributed by atoms with Gasteiger partial charge in [-0.1, -0.05) is 30.7 Å². The van der Waals surface area contributed by atoms with E-state index in [1.165, 1.54) is 81.1 Å². The third-order valence-electron chi connectivity index (χ3n) is 8.68. The van der Waals surface area contributed by atoms with E-state index in [2.05, 4.69) is 40.5 Å². The Labute approximate surface area is 209 Å². The fourth-order valence-electron chi connectivity index (χ4n) is 6.34. The number of nitrogens with one attached hydrogen (secondary N) is 1. The Bertz CT molecular complexity index is 1090. The minimum atomic E-state index is 0.0964. The first kappa shape index (κ1) is 22.8. The van der Waals surface area contributed by atoms with Gasteiger partial charge in [-0.25, -0.2) is 0 Å². The molecule has 5 aliphatic rings. The number of fused-ring (bicyclic) bond motifs is 1. The molecule has 1 N–H and O–H groups in total. The third kappa shape index (κ3) is 5.33. The average molecular weight is 471 g/mol. The first-order valence-corrected chi connectivity index (χ1v) is 13.8. The summed E-state index contributed by atoms with van der Waals surface area (Å²) in [5, 5.41) is 3.31. The van der Waals surface area contributed by atoms with Gasteiger partial charge in [-0.2, -0.15) is 0 Å². The van der Waals surface area contributed by atoms with E-state index < -0.39 is 0 Å². The fourth-order valence-corrected chi connectivity index (χ4v) is 6.34. The molecule has 1 aromatic carbocycles. The minimum Gasteiger partial charge on any atom is -0.464 e. The van der Waals surface area contributed by atoms with Crippen molar-refractivity contribution in [3.8, 4) is 11.3 Å². The Balaban J connectivity index is 0.982. The molecule has 2 heterocycles. The van der Waals surface area contributed by atoms with Crippen molar-refractivity contribution in [2.24, 2.45) is 5.92 Å². The number of carbonyl (C=O) groups excluding carboxylic acids is 1. The molecular weight excluding hydrogens is 432 g/mol. The molecule has 1 unspecified atom stereocenters. The van der Waals surface area contributed by atoms with Crippen molar-refractivity contribution >= 4 is 5.91 Å². The molecule has 2 saturated carbocycles. The Morgan fingerprint density at radius 3 is 2.54 bits per heavy atom. The van der Waals surface area contributed by atoms with Gasteiger partial charge in [0.15, 0.2) is 0 Å². The molecule has 0 spiro atoms. The first-order chi connectivity index (χ1) is 17.2. The molecule has 0 bridgehead atoms. The Morgan fingerprint density at radius 2 is 1.74 bits per heavy atom. The highest BCUT2D eigenvalue weighted by atomic mass is 16.3. The van der Waals surface area contributed by atoms with E-state index in [1.807, 2.05) is 24.5 Å². The second-order valence-electron chi connectivity index (χ2n) is 11.1. The highest BCUT2D eigenvalue weighted by Gasteiger charge is 2.28. The smallest absolute Gasteiger partial charge is 0.251 e. The topological polar surface area (TPSA) is 45.5 Å². The van der Waals surface area contributed by atoms with Gasteiger partial charge in [0.1, 0.15) is 5.76 Å². The number of piperidine rings is 1. The number of amides is 1. The summed E-state index contributed by atoms with van der Waals surface area (Å²) in [6, 6.07) is 17.7. The molecule has 1 aromatic rings. The SMILES string of the molecule is O=C(N[C@H]1CC[C@H](CCN2CCCCC2c2coc3cccc-3c2)CC1)c1ccc(C2CC2)cc1. The average Bonchev–Trinajstić information content (AvgIpc) is 3.65. The maximum absolute atomic E-state index is 12.7. The zero-order valence-corrected chi connectivity index (χ0v) is 20.8. The van der Waals surface area contributed by atoms with Gasteiger partial charge in [0, 0.05) is 28.8 Å². The van der Waals surface area contributed by atoms with Gasteiger partial charge >= 0.3 is 0 Å². The highest BCUT2D eigenvalue weighted by Crippen LogP contribution is 2.40. The van der Waals surface area contributed by atoms with Gasteiger partial charge < -0.3 is 9.73 Å². The van der Waals surface area contributed by atoms with Gasteiger partial charge in [-0.15, -0.1) is 0 Å². The minimum absolute atomic E-state index is 0.0964. The van der Waals surface area contributed by atoms with Crippen molar-refractivity contribution in [3.05, 3.63) is 71.5 Å². The van der Waals surface area contributed by atoms with Crippen LogP contribution in [-0.2, 0) is 0 Å². The van der Waals surface area contributed by atoms with Gasteiger partial charge in [0.2, 0.25) is 0 Å². The number of benzene rings is 1. The van der Waals surface area contributed by atoms with E-state index in [0.29, 0.717) is 12.1 Å². The standard InChI is InChI=1S/C31H38N2O2/c34-31(25-13-11-24(12-14-25)23-9-10-23)32-28-15-7-22(8-16-28)17-19-33-18-2-1-5-29(33)27-20-26-4-3-6-30(26)35-21-27/h3-4,6,11-14,20-23,28-29H,1-2,5,7-10,15-19H2,(H,32,34)/t22-,28-,29?. The van der Waals surface area contributed by atoms with E-state index in [4.69, 9.17) is 4.42 Å². The Kier molecular flexibility index (Phi) is 6.65. The summed E-state index contributed by atoms with van der Waals surface area (Å²) >= 11 is 0.